The van der Waals surface area contributed by atoms with E-state index in [4.69, 9.17) is 19.6 Å². The minimum atomic E-state index is -5.08. The number of anilines is 2. The number of halogens is 3. The number of rotatable bonds is 6. The van der Waals surface area contributed by atoms with Gasteiger partial charge in [0, 0.05) is 37.6 Å². The number of guanidine groups is 1. The number of aliphatic imine (C=N–C) groups is 1. The topological polar surface area (TPSA) is 115 Å². The molecule has 1 fully saturated rings. The van der Waals surface area contributed by atoms with Crippen LogP contribution in [0.15, 0.2) is 71.7 Å². The molecule has 0 radical (unpaired) electrons. The molecular formula is C30H33F3N4O5. The van der Waals surface area contributed by atoms with E-state index in [9.17, 15) is 23.1 Å². The highest BCUT2D eigenvalue weighted by Crippen LogP contribution is 2.24. The number of methoxy groups -OCH3 is 1. The van der Waals surface area contributed by atoms with E-state index in [2.05, 4.69) is 47.2 Å². The van der Waals surface area contributed by atoms with Crippen molar-refractivity contribution in [2.24, 2.45) is 4.99 Å². The van der Waals surface area contributed by atoms with E-state index in [1.807, 2.05) is 30.3 Å². The number of carbonyl (C=O) groups is 2. The number of aryl methyl sites for hydroxylation is 1. The van der Waals surface area contributed by atoms with Crippen molar-refractivity contribution in [1.82, 2.24) is 4.90 Å². The van der Waals surface area contributed by atoms with E-state index in [1.54, 1.807) is 25.3 Å². The van der Waals surface area contributed by atoms with Crippen molar-refractivity contribution in [3.8, 4) is 5.75 Å². The molecule has 3 aromatic carbocycles. The summed E-state index contributed by atoms with van der Waals surface area (Å²) in [5.41, 5.74) is 5.87. The molecule has 0 bridgehead atoms. The molecule has 12 heteroatoms. The van der Waals surface area contributed by atoms with Crippen molar-refractivity contribution < 1.29 is 37.7 Å². The zero-order chi connectivity index (χ0) is 30.9. The van der Waals surface area contributed by atoms with Crippen LogP contribution in [0.2, 0.25) is 0 Å². The van der Waals surface area contributed by atoms with E-state index in [0.29, 0.717) is 12.2 Å². The molecule has 3 N–H and O–H groups in total. The standard InChI is InChI=1S/C28H32N4O3.C2HF3O2/c1-20-7-4-12-26(21(20)2)31-13-15-32(16-14-31)28(29-19-22-8-5-11-25(17-22)35-3)30-24-10-6-9-23(18-24)27(33)34;3-2(4,5)1(6)7/h4-12,17-18H,13-16,19H2,1-3H3,(H,29,30)(H,33,34);(H,6,7). The summed E-state index contributed by atoms with van der Waals surface area (Å²) in [4.78, 5) is 29.9. The number of benzene rings is 3. The molecule has 0 aromatic heterocycles. The second-order valence-corrected chi connectivity index (χ2v) is 9.50. The highest BCUT2D eigenvalue weighted by Gasteiger charge is 2.38. The van der Waals surface area contributed by atoms with E-state index in [1.165, 1.54) is 16.8 Å². The van der Waals surface area contributed by atoms with Crippen LogP contribution in [0.3, 0.4) is 0 Å². The lowest BCUT2D eigenvalue weighted by atomic mass is 10.1. The average molecular weight is 587 g/mol. The minimum Gasteiger partial charge on any atom is -0.497 e. The Morgan fingerprint density at radius 3 is 2.21 bits per heavy atom. The summed E-state index contributed by atoms with van der Waals surface area (Å²) in [5.74, 6) is -2.18. The first kappa shape index (κ1) is 31.8. The van der Waals surface area contributed by atoms with Crippen LogP contribution >= 0.6 is 0 Å². The van der Waals surface area contributed by atoms with Gasteiger partial charge in [0.15, 0.2) is 5.96 Å². The normalized spacial score (nSPS) is 13.6. The molecule has 42 heavy (non-hydrogen) atoms. The number of piperazine rings is 1. The molecule has 3 aromatic rings. The Hall–Kier alpha value is -4.74. The van der Waals surface area contributed by atoms with Gasteiger partial charge in [-0.1, -0.05) is 30.3 Å². The number of nitrogens with one attached hydrogen (secondary N) is 1. The molecule has 0 unspecified atom stereocenters. The third-order valence-electron chi connectivity index (χ3n) is 6.65. The predicted octanol–water partition coefficient (Wildman–Crippen LogP) is 5.43. The van der Waals surface area contributed by atoms with Crippen LogP contribution in [0, 0.1) is 13.8 Å². The molecule has 4 rings (SSSR count). The molecule has 224 valence electrons. The van der Waals surface area contributed by atoms with Crippen molar-refractivity contribution in [3.05, 3.63) is 89.0 Å². The molecule has 0 saturated carbocycles. The van der Waals surface area contributed by atoms with Gasteiger partial charge in [-0.15, -0.1) is 0 Å². The fraction of sp³-hybridized carbons (Fsp3) is 0.300. The highest BCUT2D eigenvalue weighted by atomic mass is 19.4. The number of aromatic carboxylic acids is 1. The zero-order valence-electron chi connectivity index (χ0n) is 23.5. The monoisotopic (exact) mass is 586 g/mol. The maximum absolute atomic E-state index is 11.4. The van der Waals surface area contributed by atoms with Crippen molar-refractivity contribution in [2.45, 2.75) is 26.6 Å². The summed E-state index contributed by atoms with van der Waals surface area (Å²) in [5, 5.41) is 19.9. The Labute approximate surface area is 241 Å². The number of ether oxygens (including phenoxy) is 1. The van der Waals surface area contributed by atoms with Crippen LogP contribution in [0.25, 0.3) is 0 Å². The number of aliphatic carboxylic acids is 1. The van der Waals surface area contributed by atoms with Gasteiger partial charge in [-0.2, -0.15) is 13.2 Å². The Morgan fingerprint density at radius 2 is 1.60 bits per heavy atom. The summed E-state index contributed by atoms with van der Waals surface area (Å²) in [6.45, 7) is 8.16. The Bertz CT molecular complexity index is 1420. The molecule has 1 heterocycles. The van der Waals surface area contributed by atoms with Crippen LogP contribution in [0.1, 0.15) is 27.0 Å². The van der Waals surface area contributed by atoms with Crippen LogP contribution in [-0.2, 0) is 11.3 Å². The van der Waals surface area contributed by atoms with Crippen molar-refractivity contribution in [1.29, 1.82) is 0 Å². The molecule has 1 aliphatic heterocycles. The fourth-order valence-electron chi connectivity index (χ4n) is 4.25. The third-order valence-corrected chi connectivity index (χ3v) is 6.65. The largest absolute Gasteiger partial charge is 0.497 e. The third kappa shape index (κ3) is 8.88. The van der Waals surface area contributed by atoms with E-state index in [0.717, 1.165) is 43.5 Å². The molecule has 1 saturated heterocycles. The first-order chi connectivity index (χ1) is 19.9. The molecule has 1 aliphatic rings. The summed E-state index contributed by atoms with van der Waals surface area (Å²) in [6.07, 6.45) is -5.08. The number of alkyl halides is 3. The lowest BCUT2D eigenvalue weighted by molar-refractivity contribution is -0.192. The van der Waals surface area contributed by atoms with Crippen LogP contribution in [0.4, 0.5) is 24.5 Å². The van der Waals surface area contributed by atoms with Crippen molar-refractivity contribution in [3.63, 3.8) is 0 Å². The average Bonchev–Trinajstić information content (AvgIpc) is 2.97. The maximum atomic E-state index is 11.4. The van der Waals surface area contributed by atoms with E-state index < -0.39 is 18.1 Å². The first-order valence-corrected chi connectivity index (χ1v) is 13.0. The van der Waals surface area contributed by atoms with Gasteiger partial charge in [-0.05, 0) is 66.9 Å². The number of carboxylic acids is 2. The van der Waals surface area contributed by atoms with Crippen LogP contribution in [-0.4, -0.2) is 72.5 Å². The van der Waals surface area contributed by atoms with Crippen molar-refractivity contribution >= 4 is 29.3 Å². The summed E-state index contributed by atoms with van der Waals surface area (Å²) in [6, 6.07) is 21.1. The molecular weight excluding hydrogens is 553 g/mol. The molecule has 0 aliphatic carbocycles. The SMILES string of the molecule is COc1cccc(CN=C(Nc2cccc(C(=O)O)c2)N2CCN(c3cccc(C)c3C)CC2)c1.O=C(O)C(F)(F)F. The summed E-state index contributed by atoms with van der Waals surface area (Å²) in [7, 11) is 1.65. The predicted molar refractivity (Wildman–Crippen MR) is 155 cm³/mol. The first-order valence-electron chi connectivity index (χ1n) is 13.0. The molecule has 9 nitrogen and oxygen atoms in total. The Balaban J connectivity index is 0.000000616. The van der Waals surface area contributed by atoms with Gasteiger partial charge in [0.1, 0.15) is 5.75 Å². The quantitative estimate of drug-likeness (QED) is 0.259. The van der Waals surface area contributed by atoms with Gasteiger partial charge in [0.2, 0.25) is 0 Å². The van der Waals surface area contributed by atoms with Gasteiger partial charge in [-0.3, -0.25) is 0 Å². The molecule has 0 amide bonds. The number of nitrogens with zero attached hydrogens (tertiary/aromatic N) is 3. The zero-order valence-corrected chi connectivity index (χ0v) is 23.5. The minimum absolute atomic E-state index is 0.238. The van der Waals surface area contributed by atoms with E-state index in [-0.39, 0.29) is 5.56 Å². The second-order valence-electron chi connectivity index (χ2n) is 9.50. The number of hydrogen-bond acceptors (Lipinski definition) is 5. The van der Waals surface area contributed by atoms with Crippen LogP contribution in [0.5, 0.6) is 5.75 Å². The fourth-order valence-corrected chi connectivity index (χ4v) is 4.25. The lowest BCUT2D eigenvalue weighted by Gasteiger charge is -2.38. The second kappa shape index (κ2) is 14.2. The van der Waals surface area contributed by atoms with Gasteiger partial charge < -0.3 is 30.1 Å². The Kier molecular flexibility index (Phi) is 10.8. The van der Waals surface area contributed by atoms with Crippen molar-refractivity contribution in [2.75, 3.05) is 43.5 Å². The lowest BCUT2D eigenvalue weighted by Crippen LogP contribution is -2.51. The smallest absolute Gasteiger partial charge is 0.490 e. The maximum Gasteiger partial charge on any atom is 0.490 e. The summed E-state index contributed by atoms with van der Waals surface area (Å²) < 4.78 is 37.1. The number of hydrogen-bond donors (Lipinski definition) is 3. The molecule has 0 atom stereocenters. The van der Waals surface area contributed by atoms with E-state index >= 15 is 0 Å². The summed E-state index contributed by atoms with van der Waals surface area (Å²) >= 11 is 0. The van der Waals surface area contributed by atoms with Gasteiger partial charge in [0.05, 0.1) is 19.2 Å². The Morgan fingerprint density at radius 1 is 0.952 bits per heavy atom. The highest BCUT2D eigenvalue weighted by molar-refractivity contribution is 5.96. The van der Waals surface area contributed by atoms with Gasteiger partial charge >= 0.3 is 18.1 Å². The van der Waals surface area contributed by atoms with Gasteiger partial charge in [-0.25, -0.2) is 14.6 Å². The molecule has 0 spiro atoms. The number of carboxylic acid groups (broad SMARTS) is 2. The van der Waals surface area contributed by atoms with Gasteiger partial charge in [0.25, 0.3) is 0 Å². The van der Waals surface area contributed by atoms with Crippen LogP contribution < -0.4 is 15.0 Å².